The number of tetrazole rings is 1. The van der Waals surface area contributed by atoms with Gasteiger partial charge >= 0.3 is 5.69 Å². The number of rotatable bonds is 13. The molecule has 1 unspecified atom stereocenters. The van der Waals surface area contributed by atoms with E-state index < -0.39 is 0 Å². The summed E-state index contributed by atoms with van der Waals surface area (Å²) in [5.74, 6) is 1.67. The van der Waals surface area contributed by atoms with Crippen molar-refractivity contribution in [2.45, 2.75) is 84.7 Å². The van der Waals surface area contributed by atoms with Crippen molar-refractivity contribution in [2.24, 2.45) is 0 Å². The average molecular weight is 488 g/mol. The van der Waals surface area contributed by atoms with Gasteiger partial charge in [0.25, 0.3) is 0 Å². The zero-order chi connectivity index (χ0) is 25.3. The van der Waals surface area contributed by atoms with Crippen LogP contribution in [0.3, 0.4) is 0 Å². The van der Waals surface area contributed by atoms with Crippen LogP contribution < -0.4 is 5.69 Å². The second-order valence-electron chi connectivity index (χ2n) is 9.51. The summed E-state index contributed by atoms with van der Waals surface area (Å²) in [5, 5.41) is 19.3. The highest BCUT2D eigenvalue weighted by Gasteiger charge is 2.18. The molecule has 0 aliphatic carbocycles. The van der Waals surface area contributed by atoms with Gasteiger partial charge in [0, 0.05) is 18.0 Å². The van der Waals surface area contributed by atoms with E-state index in [4.69, 9.17) is 5.10 Å². The number of nitrogens with zero attached hydrogens (tertiary/aromatic N) is 6. The van der Waals surface area contributed by atoms with E-state index in [-0.39, 0.29) is 11.6 Å². The SMILES string of the molecule is CCCCCCCCn1nc(C(C)CC)n(Cc2ccc(-c3ccccc3-c3nn[nH]n3)cc2)c1=O. The van der Waals surface area contributed by atoms with Crippen molar-refractivity contribution in [3.63, 3.8) is 0 Å². The van der Waals surface area contributed by atoms with Crippen LogP contribution in [0, 0.1) is 0 Å². The third kappa shape index (κ3) is 5.98. The number of H-pyrrole nitrogens is 1. The predicted molar refractivity (Wildman–Crippen MR) is 143 cm³/mol. The number of unbranched alkanes of at least 4 members (excludes halogenated alkanes) is 5. The van der Waals surface area contributed by atoms with Gasteiger partial charge in [0.1, 0.15) is 5.82 Å². The highest BCUT2D eigenvalue weighted by atomic mass is 16.2. The van der Waals surface area contributed by atoms with Gasteiger partial charge in [-0.25, -0.2) is 9.48 Å². The summed E-state index contributed by atoms with van der Waals surface area (Å²) in [4.78, 5) is 13.3. The molecule has 0 fully saturated rings. The molecule has 0 bridgehead atoms. The lowest BCUT2D eigenvalue weighted by atomic mass is 9.98. The first-order valence-corrected chi connectivity index (χ1v) is 13.2. The maximum Gasteiger partial charge on any atom is 0.346 e. The number of aromatic amines is 1. The molecule has 8 heteroatoms. The van der Waals surface area contributed by atoms with Crippen molar-refractivity contribution < 1.29 is 0 Å². The molecule has 0 aliphatic heterocycles. The van der Waals surface area contributed by atoms with E-state index in [2.05, 4.69) is 71.7 Å². The maximum atomic E-state index is 13.3. The molecule has 2 aromatic carbocycles. The molecule has 2 heterocycles. The summed E-state index contributed by atoms with van der Waals surface area (Å²) < 4.78 is 3.53. The molecule has 1 atom stereocenters. The van der Waals surface area contributed by atoms with Gasteiger partial charge in [-0.1, -0.05) is 101 Å². The molecule has 0 aliphatic rings. The van der Waals surface area contributed by atoms with E-state index >= 15 is 0 Å². The lowest BCUT2D eigenvalue weighted by Gasteiger charge is -2.11. The van der Waals surface area contributed by atoms with Crippen LogP contribution in [-0.4, -0.2) is 35.0 Å². The van der Waals surface area contributed by atoms with Crippen LogP contribution in [0.15, 0.2) is 53.3 Å². The molecule has 0 amide bonds. The molecule has 1 N–H and O–H groups in total. The van der Waals surface area contributed by atoms with Crippen molar-refractivity contribution in [2.75, 3.05) is 0 Å². The first-order chi connectivity index (χ1) is 17.6. The van der Waals surface area contributed by atoms with Crippen LogP contribution in [0.1, 0.15) is 83.0 Å². The minimum absolute atomic E-state index is 0.00890. The first-order valence-electron chi connectivity index (χ1n) is 13.2. The molecule has 0 saturated carbocycles. The number of hydrogen-bond acceptors (Lipinski definition) is 5. The van der Waals surface area contributed by atoms with E-state index in [9.17, 15) is 4.79 Å². The van der Waals surface area contributed by atoms with E-state index in [1.165, 1.54) is 25.7 Å². The summed E-state index contributed by atoms with van der Waals surface area (Å²) >= 11 is 0. The van der Waals surface area contributed by atoms with Crippen molar-refractivity contribution in [3.05, 3.63) is 70.4 Å². The highest BCUT2D eigenvalue weighted by molar-refractivity contribution is 5.80. The van der Waals surface area contributed by atoms with E-state index in [0.29, 0.717) is 18.9 Å². The molecule has 8 nitrogen and oxygen atoms in total. The molecular formula is C28H37N7O. The van der Waals surface area contributed by atoms with Gasteiger partial charge in [-0.15, -0.1) is 10.2 Å². The minimum Gasteiger partial charge on any atom is -0.274 e. The van der Waals surface area contributed by atoms with Crippen LogP contribution in [0.5, 0.6) is 0 Å². The summed E-state index contributed by atoms with van der Waals surface area (Å²) in [5.41, 5.74) is 4.08. The molecule has 4 rings (SSSR count). The Bertz CT molecular complexity index is 1270. The largest absolute Gasteiger partial charge is 0.346 e. The quantitative estimate of drug-likeness (QED) is 0.240. The first kappa shape index (κ1) is 25.5. The maximum absolute atomic E-state index is 13.3. The van der Waals surface area contributed by atoms with E-state index in [1.807, 2.05) is 22.8 Å². The second-order valence-corrected chi connectivity index (χ2v) is 9.51. The Morgan fingerprint density at radius 3 is 2.33 bits per heavy atom. The third-order valence-electron chi connectivity index (χ3n) is 6.85. The van der Waals surface area contributed by atoms with E-state index in [1.54, 1.807) is 4.68 Å². The molecule has 4 aromatic rings. The Morgan fingerprint density at radius 2 is 1.64 bits per heavy atom. The van der Waals surface area contributed by atoms with Gasteiger partial charge < -0.3 is 0 Å². The Kier molecular flexibility index (Phi) is 8.81. The summed E-state index contributed by atoms with van der Waals surface area (Å²) in [6, 6.07) is 16.4. The van der Waals surface area contributed by atoms with Gasteiger partial charge in [-0.2, -0.15) is 10.3 Å². The number of hydrogen-bond donors (Lipinski definition) is 1. The van der Waals surface area contributed by atoms with Crippen molar-refractivity contribution in [1.29, 1.82) is 0 Å². The van der Waals surface area contributed by atoms with Crippen LogP contribution in [0.2, 0.25) is 0 Å². The van der Waals surface area contributed by atoms with Gasteiger partial charge in [-0.05, 0) is 34.7 Å². The van der Waals surface area contributed by atoms with Gasteiger partial charge in [0.2, 0.25) is 5.82 Å². The Labute approximate surface area is 212 Å². The standard InChI is InChI=1S/C28H37N7O/c1-4-6-7-8-9-12-19-35-28(36)34(27(31-35)21(3)5-2)20-22-15-17-23(18-16-22)24-13-10-11-14-25(24)26-29-32-33-30-26/h10-11,13-18,21H,4-9,12,19-20H2,1-3H3,(H,29,30,32,33). The zero-order valence-electron chi connectivity index (χ0n) is 21.7. The van der Waals surface area contributed by atoms with E-state index in [0.717, 1.165) is 47.3 Å². The topological polar surface area (TPSA) is 94.3 Å². The minimum atomic E-state index is -0.00890. The Balaban J connectivity index is 1.52. The predicted octanol–water partition coefficient (Wildman–Crippen LogP) is 5.81. The molecule has 0 saturated heterocycles. The summed E-state index contributed by atoms with van der Waals surface area (Å²) in [7, 11) is 0. The molecule has 0 spiro atoms. The fourth-order valence-electron chi connectivity index (χ4n) is 4.52. The van der Waals surface area contributed by atoms with Crippen LogP contribution in [0.25, 0.3) is 22.5 Å². The number of benzene rings is 2. The average Bonchev–Trinajstić information content (AvgIpc) is 3.55. The molecule has 36 heavy (non-hydrogen) atoms. The Hall–Kier alpha value is -3.55. The fourth-order valence-corrected chi connectivity index (χ4v) is 4.52. The summed E-state index contributed by atoms with van der Waals surface area (Å²) in [6.07, 6.45) is 8.11. The molecular weight excluding hydrogens is 450 g/mol. The second kappa shape index (κ2) is 12.4. The number of aromatic nitrogens is 7. The lowest BCUT2D eigenvalue weighted by molar-refractivity contribution is 0.509. The Morgan fingerprint density at radius 1 is 0.917 bits per heavy atom. The molecule has 0 radical (unpaired) electrons. The number of aryl methyl sites for hydroxylation is 1. The number of nitrogens with one attached hydrogen (secondary N) is 1. The van der Waals surface area contributed by atoms with Crippen LogP contribution in [0.4, 0.5) is 0 Å². The van der Waals surface area contributed by atoms with Gasteiger partial charge in [-0.3, -0.25) is 4.57 Å². The van der Waals surface area contributed by atoms with Crippen LogP contribution in [-0.2, 0) is 13.1 Å². The van der Waals surface area contributed by atoms with Crippen molar-refractivity contribution >= 4 is 0 Å². The highest BCUT2D eigenvalue weighted by Crippen LogP contribution is 2.30. The third-order valence-corrected chi connectivity index (χ3v) is 6.85. The molecule has 190 valence electrons. The van der Waals surface area contributed by atoms with Gasteiger partial charge in [0.05, 0.1) is 6.54 Å². The monoisotopic (exact) mass is 487 g/mol. The lowest BCUT2D eigenvalue weighted by Crippen LogP contribution is -2.26. The summed E-state index contributed by atoms with van der Waals surface area (Å²) in [6.45, 7) is 7.72. The molecule has 2 aromatic heterocycles. The normalized spacial score (nSPS) is 12.2. The van der Waals surface area contributed by atoms with Crippen molar-refractivity contribution in [1.82, 2.24) is 35.0 Å². The fraction of sp³-hybridized carbons (Fsp3) is 0.464. The smallest absolute Gasteiger partial charge is 0.274 e. The van der Waals surface area contributed by atoms with Gasteiger partial charge in [0.15, 0.2) is 0 Å². The van der Waals surface area contributed by atoms with Crippen LogP contribution >= 0.6 is 0 Å². The zero-order valence-corrected chi connectivity index (χ0v) is 21.7. The van der Waals surface area contributed by atoms with Crippen molar-refractivity contribution in [3.8, 4) is 22.5 Å².